The highest BCUT2D eigenvalue weighted by atomic mass is 16.5. The fourth-order valence-corrected chi connectivity index (χ4v) is 9.36. The average Bonchev–Trinajstić information content (AvgIpc) is 4.16. The number of aromatic amines is 2. The zero-order chi connectivity index (χ0) is 43.8. The van der Waals surface area contributed by atoms with Crippen molar-refractivity contribution < 1.29 is 29.0 Å². The van der Waals surface area contributed by atoms with Gasteiger partial charge in [-0.25, -0.2) is 19.6 Å². The van der Waals surface area contributed by atoms with Gasteiger partial charge in [-0.1, -0.05) is 74.5 Å². The van der Waals surface area contributed by atoms with Crippen molar-refractivity contribution in [2.24, 2.45) is 5.92 Å². The molecule has 9 rings (SSSR count). The van der Waals surface area contributed by atoms with Crippen LogP contribution in [0.3, 0.4) is 0 Å². The summed E-state index contributed by atoms with van der Waals surface area (Å²) in [5, 5.41) is 17.8. The van der Waals surface area contributed by atoms with Crippen LogP contribution in [0.2, 0.25) is 0 Å². The van der Waals surface area contributed by atoms with Crippen LogP contribution in [-0.2, 0) is 14.3 Å². The fourth-order valence-electron chi connectivity index (χ4n) is 9.36. The second-order valence-electron chi connectivity index (χ2n) is 17.2. The van der Waals surface area contributed by atoms with Gasteiger partial charge in [0.25, 0.3) is 0 Å². The Balaban J connectivity index is 0.906. The molecular weight excluding hydrogens is 799 g/mol. The molecular formula is C48H53N9O6. The number of fused-ring (bicyclic) bond motifs is 2. The van der Waals surface area contributed by atoms with Crippen molar-refractivity contribution in [1.29, 1.82) is 0 Å². The maximum Gasteiger partial charge on any atom is 0.407 e. The van der Waals surface area contributed by atoms with E-state index >= 15 is 0 Å². The summed E-state index contributed by atoms with van der Waals surface area (Å²) in [6.45, 7) is 5.62. The zero-order valence-corrected chi connectivity index (χ0v) is 35.7. The topological polar surface area (TPSA) is 189 Å². The van der Waals surface area contributed by atoms with E-state index in [2.05, 4.69) is 69.1 Å². The van der Waals surface area contributed by atoms with E-state index in [4.69, 9.17) is 14.7 Å². The number of rotatable bonds is 10. The largest absolute Gasteiger partial charge is 0.453 e. The van der Waals surface area contributed by atoms with Crippen LogP contribution in [0.5, 0.6) is 0 Å². The Morgan fingerprint density at radius 3 is 2.13 bits per heavy atom. The normalized spacial score (nSPS) is 19.8. The number of β-amino-alcohol motifs (C(OH)–C–C–N with tert-alkyl or cyclic N) is 1. The Hall–Kier alpha value is -6.74. The molecule has 3 aliphatic heterocycles. The van der Waals surface area contributed by atoms with Crippen molar-refractivity contribution in [2.45, 2.75) is 76.2 Å². The highest BCUT2D eigenvalue weighted by Gasteiger charge is 2.39. The molecule has 5 N–H and O–H groups in total. The number of likely N-dealkylation sites (tertiary alicyclic amines) is 3. The second-order valence-corrected chi connectivity index (χ2v) is 17.2. The number of alkyl carbamates (subject to hydrolysis) is 1. The third-order valence-electron chi connectivity index (χ3n) is 12.8. The molecule has 63 heavy (non-hydrogen) atoms. The molecule has 326 valence electrons. The SMILES string of the molecule is COC(=O)N[C@H](C(=O)N1CCC[C@H]1c1ncc(-c2ccc3cc(-c4ccc5nc([C@@H]6CCCN6C(=O)[C@H](NC(=O)N6CC[C@H](O)C6)c6ccccc6)[nH]c5c4)ccc3c2)[nH]1)C(C)C. The lowest BCUT2D eigenvalue weighted by Gasteiger charge is -2.30. The first-order valence-electron chi connectivity index (χ1n) is 21.9. The molecule has 0 aliphatic carbocycles. The maximum atomic E-state index is 14.3. The van der Waals surface area contributed by atoms with Crippen LogP contribution in [0.15, 0.2) is 91.1 Å². The number of amides is 5. The molecule has 4 aromatic carbocycles. The number of H-pyrrole nitrogens is 2. The first-order valence-corrected chi connectivity index (χ1v) is 21.9. The summed E-state index contributed by atoms with van der Waals surface area (Å²) in [5.41, 5.74) is 6.29. The van der Waals surface area contributed by atoms with Gasteiger partial charge in [-0.2, -0.15) is 0 Å². The van der Waals surface area contributed by atoms with E-state index in [0.717, 1.165) is 75.7 Å². The van der Waals surface area contributed by atoms with Gasteiger partial charge in [-0.05, 0) is 89.8 Å². The number of hydrogen-bond donors (Lipinski definition) is 5. The van der Waals surface area contributed by atoms with Crippen LogP contribution in [0.4, 0.5) is 9.59 Å². The van der Waals surface area contributed by atoms with Gasteiger partial charge in [0.05, 0.1) is 48.2 Å². The van der Waals surface area contributed by atoms with Gasteiger partial charge in [0.2, 0.25) is 11.8 Å². The Bertz CT molecular complexity index is 2660. The summed E-state index contributed by atoms with van der Waals surface area (Å²) in [5.74, 6) is 0.982. The number of hydrogen-bond acceptors (Lipinski definition) is 8. The number of ether oxygens (including phenoxy) is 1. The molecule has 0 saturated carbocycles. The molecule has 3 saturated heterocycles. The summed E-state index contributed by atoms with van der Waals surface area (Å²) >= 11 is 0. The third-order valence-corrected chi connectivity index (χ3v) is 12.8. The van der Waals surface area contributed by atoms with Crippen LogP contribution in [0.25, 0.3) is 44.2 Å². The van der Waals surface area contributed by atoms with Crippen LogP contribution in [0.1, 0.15) is 81.3 Å². The number of benzene rings is 4. The summed E-state index contributed by atoms with van der Waals surface area (Å²) in [7, 11) is 1.29. The number of nitrogens with zero attached hydrogens (tertiary/aromatic N) is 5. The summed E-state index contributed by atoms with van der Waals surface area (Å²) in [6.07, 6.45) is 4.31. The average molecular weight is 852 g/mol. The van der Waals surface area contributed by atoms with Crippen LogP contribution < -0.4 is 10.6 Å². The smallest absolute Gasteiger partial charge is 0.407 e. The summed E-state index contributed by atoms with van der Waals surface area (Å²) in [4.78, 5) is 75.2. The predicted octanol–water partition coefficient (Wildman–Crippen LogP) is 7.00. The van der Waals surface area contributed by atoms with Gasteiger partial charge in [0.15, 0.2) is 0 Å². The molecule has 2 aromatic heterocycles. The van der Waals surface area contributed by atoms with E-state index in [1.807, 2.05) is 66.2 Å². The van der Waals surface area contributed by atoms with Crippen LogP contribution >= 0.6 is 0 Å². The van der Waals surface area contributed by atoms with Crippen LogP contribution in [-0.4, -0.2) is 109 Å². The summed E-state index contributed by atoms with van der Waals surface area (Å²) in [6, 6.07) is 25.7. The number of nitrogens with one attached hydrogen (secondary N) is 4. The molecule has 5 heterocycles. The standard InChI is InChI=1S/C48H53N9O6/c1-28(2)41(54-48(62)63-3)45(59)56-20-7-11-39(56)43-49-26-38(52-43)34-16-15-30-23-31(13-14-32(30)24-34)33-17-18-36-37(25-33)51-44(50-36)40-12-8-21-57(40)46(60)42(29-9-5-4-6-10-29)53-47(61)55-22-19-35(58)27-55/h4-6,9-10,13-18,23-26,28,35,39-42,58H,7-8,11-12,19-22,27H2,1-3H3,(H,49,52)(H,50,51)(H,53,61)(H,54,62)/t35-,39-,40-,41-,42+/m0/s1. The van der Waals surface area contributed by atoms with Gasteiger partial charge in [0.1, 0.15) is 23.7 Å². The van der Waals surface area contributed by atoms with Gasteiger partial charge in [0, 0.05) is 31.7 Å². The minimum Gasteiger partial charge on any atom is -0.453 e. The summed E-state index contributed by atoms with van der Waals surface area (Å²) < 4.78 is 4.78. The molecule has 0 unspecified atom stereocenters. The van der Waals surface area contributed by atoms with Crippen molar-refractivity contribution in [1.82, 2.24) is 45.3 Å². The number of methoxy groups -OCH3 is 1. The van der Waals surface area contributed by atoms with E-state index in [9.17, 15) is 24.3 Å². The molecule has 6 aromatic rings. The number of carbonyl (C=O) groups is 4. The highest BCUT2D eigenvalue weighted by molar-refractivity contribution is 5.92. The van der Waals surface area contributed by atoms with Gasteiger partial charge in [-0.3, -0.25) is 9.59 Å². The van der Waals surface area contributed by atoms with Crippen molar-refractivity contribution >= 4 is 45.7 Å². The number of urea groups is 1. The lowest BCUT2D eigenvalue weighted by Crippen LogP contribution is -2.51. The number of aliphatic hydroxyl groups is 1. The van der Waals surface area contributed by atoms with Gasteiger partial charge in [-0.15, -0.1) is 0 Å². The zero-order valence-electron chi connectivity index (χ0n) is 35.7. The predicted molar refractivity (Wildman–Crippen MR) is 238 cm³/mol. The molecule has 15 heteroatoms. The molecule has 15 nitrogen and oxygen atoms in total. The highest BCUT2D eigenvalue weighted by Crippen LogP contribution is 2.37. The molecule has 5 atom stereocenters. The van der Waals surface area contributed by atoms with Gasteiger partial charge < -0.3 is 45.1 Å². The van der Waals surface area contributed by atoms with Crippen molar-refractivity contribution in [3.05, 3.63) is 108 Å². The maximum absolute atomic E-state index is 14.3. The number of imidazole rings is 2. The number of carbonyl (C=O) groups excluding carboxylic acids is 4. The first-order chi connectivity index (χ1) is 30.5. The fraction of sp³-hybridized carbons (Fsp3) is 0.375. The molecule has 3 aliphatic rings. The number of aliphatic hydroxyl groups excluding tert-OH is 1. The van der Waals surface area contributed by atoms with Crippen LogP contribution in [0, 0.1) is 5.92 Å². The minimum absolute atomic E-state index is 0.114. The molecule has 3 fully saturated rings. The van der Waals surface area contributed by atoms with Crippen molar-refractivity contribution in [3.8, 4) is 22.4 Å². The lowest BCUT2D eigenvalue weighted by atomic mass is 9.99. The van der Waals surface area contributed by atoms with E-state index in [1.165, 1.54) is 7.11 Å². The Labute approximate surface area is 365 Å². The second kappa shape index (κ2) is 17.6. The first kappa shape index (κ1) is 41.6. The minimum atomic E-state index is -0.879. The van der Waals surface area contributed by atoms with E-state index < -0.39 is 24.3 Å². The third kappa shape index (κ3) is 8.44. The quantitative estimate of drug-likeness (QED) is 0.0974. The van der Waals surface area contributed by atoms with E-state index in [-0.39, 0.29) is 42.4 Å². The number of aromatic nitrogens is 4. The molecule has 5 amide bonds. The lowest BCUT2D eigenvalue weighted by molar-refractivity contribution is -0.135. The molecule has 0 radical (unpaired) electrons. The van der Waals surface area contributed by atoms with Crippen molar-refractivity contribution in [3.63, 3.8) is 0 Å². The molecule has 0 bridgehead atoms. The Morgan fingerprint density at radius 1 is 0.762 bits per heavy atom. The molecule has 0 spiro atoms. The monoisotopic (exact) mass is 851 g/mol. The van der Waals surface area contributed by atoms with E-state index in [0.29, 0.717) is 37.4 Å². The Morgan fingerprint density at radius 2 is 1.43 bits per heavy atom. The van der Waals surface area contributed by atoms with Crippen molar-refractivity contribution in [2.75, 3.05) is 33.3 Å². The van der Waals surface area contributed by atoms with E-state index in [1.54, 1.807) is 4.90 Å². The van der Waals surface area contributed by atoms with Gasteiger partial charge >= 0.3 is 12.1 Å². The Kier molecular flexibility index (Phi) is 11.6.